The van der Waals surface area contributed by atoms with Crippen molar-refractivity contribution < 1.29 is 23.8 Å². The fourth-order valence-corrected chi connectivity index (χ4v) is 2.88. The lowest BCUT2D eigenvalue weighted by Crippen LogP contribution is -2.43. The van der Waals surface area contributed by atoms with Gasteiger partial charge in [-0.15, -0.1) is 0 Å². The van der Waals surface area contributed by atoms with E-state index in [2.05, 4.69) is 22.6 Å². The average molecular weight is 419 g/mol. The van der Waals surface area contributed by atoms with Crippen molar-refractivity contribution in [1.29, 1.82) is 0 Å². The minimum atomic E-state index is -0.0824. The van der Waals surface area contributed by atoms with Crippen molar-refractivity contribution in [3.63, 3.8) is 0 Å². The number of carbonyl (C=O) groups excluding carboxylic acids is 2. The van der Waals surface area contributed by atoms with Crippen molar-refractivity contribution in [1.82, 2.24) is 4.90 Å². The van der Waals surface area contributed by atoms with Gasteiger partial charge in [-0.2, -0.15) is 0 Å². The summed E-state index contributed by atoms with van der Waals surface area (Å²) >= 11 is 2.07. The van der Waals surface area contributed by atoms with Gasteiger partial charge >= 0.3 is 0 Å². The van der Waals surface area contributed by atoms with Crippen LogP contribution in [0, 0.1) is 3.57 Å². The Balaban J connectivity index is 2.07. The monoisotopic (exact) mass is 419 g/mol. The molecule has 0 unspecified atom stereocenters. The quantitative estimate of drug-likeness (QED) is 0.520. The van der Waals surface area contributed by atoms with E-state index in [0.717, 1.165) is 9.86 Å². The van der Waals surface area contributed by atoms with Crippen molar-refractivity contribution in [2.75, 3.05) is 39.5 Å². The van der Waals surface area contributed by atoms with Crippen LogP contribution < -0.4 is 9.47 Å². The van der Waals surface area contributed by atoms with Crippen LogP contribution in [0.5, 0.6) is 11.5 Å². The Kier molecular flexibility index (Phi) is 6.44. The Morgan fingerprint density at radius 1 is 1.36 bits per heavy atom. The van der Waals surface area contributed by atoms with Gasteiger partial charge in [-0.1, -0.05) is 0 Å². The standard InChI is InChI=1S/C15H18INO5/c1-2-21-13-8-11(9-18)7-12(16)15(13)22-10-14(19)17-3-5-20-6-4-17/h7-9H,2-6,10H2,1H3. The first-order valence-corrected chi connectivity index (χ1v) is 8.13. The predicted octanol–water partition coefficient (Wildman–Crippen LogP) is 1.74. The molecule has 1 amide bonds. The molecule has 0 N–H and O–H groups in total. The molecule has 120 valence electrons. The minimum Gasteiger partial charge on any atom is -0.490 e. The molecule has 1 aliphatic rings. The summed E-state index contributed by atoms with van der Waals surface area (Å²) in [5, 5.41) is 0. The molecule has 2 rings (SSSR count). The van der Waals surface area contributed by atoms with Crippen molar-refractivity contribution in [2.24, 2.45) is 0 Å². The van der Waals surface area contributed by atoms with Crippen LogP contribution in [0.1, 0.15) is 17.3 Å². The second kappa shape index (κ2) is 8.33. The van der Waals surface area contributed by atoms with Gasteiger partial charge in [0.2, 0.25) is 0 Å². The third-order valence-corrected chi connectivity index (χ3v) is 3.97. The molecule has 0 aromatic heterocycles. The molecule has 7 heteroatoms. The van der Waals surface area contributed by atoms with Gasteiger partial charge in [0.15, 0.2) is 18.1 Å². The number of morpholine rings is 1. The molecule has 1 aromatic carbocycles. The third kappa shape index (κ3) is 4.33. The van der Waals surface area contributed by atoms with Crippen LogP contribution in [-0.2, 0) is 9.53 Å². The van der Waals surface area contributed by atoms with E-state index in [1.165, 1.54) is 0 Å². The Morgan fingerprint density at radius 2 is 2.09 bits per heavy atom. The normalized spacial score (nSPS) is 14.5. The Labute approximate surface area is 142 Å². The molecule has 22 heavy (non-hydrogen) atoms. The number of hydrogen-bond acceptors (Lipinski definition) is 5. The van der Waals surface area contributed by atoms with Crippen molar-refractivity contribution >= 4 is 34.8 Å². The maximum absolute atomic E-state index is 12.1. The molecule has 1 aromatic rings. The minimum absolute atomic E-state index is 0.0590. The molecule has 6 nitrogen and oxygen atoms in total. The van der Waals surface area contributed by atoms with E-state index in [1.807, 2.05) is 6.92 Å². The predicted molar refractivity (Wildman–Crippen MR) is 88.6 cm³/mol. The molecule has 1 saturated heterocycles. The number of halogens is 1. The van der Waals surface area contributed by atoms with E-state index >= 15 is 0 Å². The molecule has 0 aliphatic carbocycles. The fraction of sp³-hybridized carbons (Fsp3) is 0.467. The number of nitrogens with zero attached hydrogens (tertiary/aromatic N) is 1. The molecule has 0 saturated carbocycles. The summed E-state index contributed by atoms with van der Waals surface area (Å²) in [7, 11) is 0. The number of rotatable bonds is 6. The summed E-state index contributed by atoms with van der Waals surface area (Å²) in [6.45, 7) is 4.53. The summed E-state index contributed by atoms with van der Waals surface area (Å²) in [6.07, 6.45) is 0.757. The van der Waals surface area contributed by atoms with E-state index in [9.17, 15) is 9.59 Å². The zero-order chi connectivity index (χ0) is 15.9. The van der Waals surface area contributed by atoms with Crippen LogP contribution in [0.2, 0.25) is 0 Å². The summed E-state index contributed by atoms with van der Waals surface area (Å²) in [5.74, 6) is 0.891. The molecule has 1 heterocycles. The second-order valence-corrected chi connectivity index (χ2v) is 5.82. The van der Waals surface area contributed by atoms with Gasteiger partial charge in [0.25, 0.3) is 5.91 Å². The van der Waals surface area contributed by atoms with E-state index in [4.69, 9.17) is 14.2 Å². The number of carbonyl (C=O) groups is 2. The maximum atomic E-state index is 12.1. The van der Waals surface area contributed by atoms with Gasteiger partial charge in [-0.3, -0.25) is 9.59 Å². The van der Waals surface area contributed by atoms with Crippen LogP contribution >= 0.6 is 22.6 Å². The fourth-order valence-electron chi connectivity index (χ4n) is 2.10. The lowest BCUT2D eigenvalue weighted by atomic mass is 10.2. The Hall–Kier alpha value is -1.35. The van der Waals surface area contributed by atoms with Gasteiger partial charge < -0.3 is 19.1 Å². The third-order valence-electron chi connectivity index (χ3n) is 3.17. The zero-order valence-corrected chi connectivity index (χ0v) is 14.5. The van der Waals surface area contributed by atoms with Crippen LogP contribution in [0.4, 0.5) is 0 Å². The number of aldehydes is 1. The highest BCUT2D eigenvalue weighted by atomic mass is 127. The van der Waals surface area contributed by atoms with Gasteiger partial charge in [0.1, 0.15) is 6.29 Å². The van der Waals surface area contributed by atoms with Gasteiger partial charge in [-0.05, 0) is 41.6 Å². The lowest BCUT2D eigenvalue weighted by molar-refractivity contribution is -0.137. The summed E-state index contributed by atoms with van der Waals surface area (Å²) in [4.78, 5) is 24.8. The Bertz CT molecular complexity index is 543. The average Bonchev–Trinajstić information content (AvgIpc) is 2.54. The highest BCUT2D eigenvalue weighted by Crippen LogP contribution is 2.33. The molecular formula is C15H18INO5. The van der Waals surface area contributed by atoms with Gasteiger partial charge in [0.05, 0.1) is 23.4 Å². The first-order chi connectivity index (χ1) is 10.7. The molecule has 0 atom stereocenters. The largest absolute Gasteiger partial charge is 0.490 e. The van der Waals surface area contributed by atoms with E-state index in [0.29, 0.717) is 50.0 Å². The SMILES string of the molecule is CCOc1cc(C=O)cc(I)c1OCC(=O)N1CCOCC1. The zero-order valence-electron chi connectivity index (χ0n) is 12.3. The summed E-state index contributed by atoms with van der Waals surface area (Å²) in [6, 6.07) is 3.32. The lowest BCUT2D eigenvalue weighted by Gasteiger charge is -2.27. The molecule has 1 fully saturated rings. The van der Waals surface area contributed by atoms with E-state index < -0.39 is 0 Å². The summed E-state index contributed by atoms with van der Waals surface area (Å²) in [5.41, 5.74) is 0.514. The van der Waals surface area contributed by atoms with Crippen molar-refractivity contribution in [3.05, 3.63) is 21.3 Å². The topological polar surface area (TPSA) is 65.1 Å². The van der Waals surface area contributed by atoms with Crippen LogP contribution in [0.15, 0.2) is 12.1 Å². The van der Waals surface area contributed by atoms with Gasteiger partial charge in [0, 0.05) is 18.7 Å². The first kappa shape index (κ1) is 17.0. The molecular weight excluding hydrogens is 401 g/mol. The van der Waals surface area contributed by atoms with E-state index in [-0.39, 0.29) is 12.5 Å². The number of ether oxygens (including phenoxy) is 3. The molecule has 0 spiro atoms. The highest BCUT2D eigenvalue weighted by Gasteiger charge is 2.19. The van der Waals surface area contributed by atoms with Crippen LogP contribution in [0.3, 0.4) is 0 Å². The number of hydrogen-bond donors (Lipinski definition) is 0. The molecule has 0 radical (unpaired) electrons. The van der Waals surface area contributed by atoms with Crippen molar-refractivity contribution in [3.8, 4) is 11.5 Å². The van der Waals surface area contributed by atoms with Crippen LogP contribution in [-0.4, -0.2) is 56.6 Å². The van der Waals surface area contributed by atoms with Gasteiger partial charge in [-0.25, -0.2) is 0 Å². The van der Waals surface area contributed by atoms with E-state index in [1.54, 1.807) is 17.0 Å². The van der Waals surface area contributed by atoms with Crippen molar-refractivity contribution in [2.45, 2.75) is 6.92 Å². The smallest absolute Gasteiger partial charge is 0.260 e. The number of amides is 1. The molecule has 0 bridgehead atoms. The highest BCUT2D eigenvalue weighted by molar-refractivity contribution is 14.1. The summed E-state index contributed by atoms with van der Waals surface area (Å²) < 4.78 is 17.1. The second-order valence-electron chi connectivity index (χ2n) is 4.66. The first-order valence-electron chi connectivity index (χ1n) is 7.05. The maximum Gasteiger partial charge on any atom is 0.260 e. The Morgan fingerprint density at radius 3 is 2.73 bits per heavy atom. The number of benzene rings is 1. The molecule has 1 aliphatic heterocycles. The van der Waals surface area contributed by atoms with Crippen LogP contribution in [0.25, 0.3) is 0 Å².